The Morgan fingerprint density at radius 3 is 2.92 bits per heavy atom. The summed E-state index contributed by atoms with van der Waals surface area (Å²) >= 11 is 5.89. The molecular formula is C18H20ClN3O3. The summed E-state index contributed by atoms with van der Waals surface area (Å²) in [7, 11) is 0. The number of rotatable bonds is 7. The minimum Gasteiger partial charge on any atom is -0.481 e. The maximum atomic E-state index is 12.1. The smallest absolute Gasteiger partial charge is 0.266 e. The topological polar surface area (TPSA) is 73.2 Å². The van der Waals surface area contributed by atoms with E-state index in [-0.39, 0.29) is 11.5 Å². The number of carbonyl (C=O) groups is 1. The van der Waals surface area contributed by atoms with E-state index in [2.05, 4.69) is 10.4 Å². The summed E-state index contributed by atoms with van der Waals surface area (Å²) in [4.78, 5) is 24.0. The highest BCUT2D eigenvalue weighted by molar-refractivity contribution is 6.30. The van der Waals surface area contributed by atoms with Gasteiger partial charge in [0.25, 0.3) is 11.5 Å². The van der Waals surface area contributed by atoms with Crippen LogP contribution in [-0.2, 0) is 11.3 Å². The molecule has 3 rings (SSSR count). The molecule has 1 amide bonds. The first kappa shape index (κ1) is 17.5. The first-order valence-corrected chi connectivity index (χ1v) is 8.69. The zero-order valence-corrected chi connectivity index (χ0v) is 14.7. The summed E-state index contributed by atoms with van der Waals surface area (Å²) in [5.41, 5.74) is 0.783. The van der Waals surface area contributed by atoms with Gasteiger partial charge in [-0.3, -0.25) is 9.59 Å². The number of halogens is 1. The van der Waals surface area contributed by atoms with Gasteiger partial charge in [0.15, 0.2) is 6.10 Å². The fourth-order valence-corrected chi connectivity index (χ4v) is 2.63. The van der Waals surface area contributed by atoms with Gasteiger partial charge in [-0.15, -0.1) is 0 Å². The van der Waals surface area contributed by atoms with Gasteiger partial charge in [0.1, 0.15) is 5.75 Å². The van der Waals surface area contributed by atoms with Crippen LogP contribution in [0.15, 0.2) is 41.2 Å². The van der Waals surface area contributed by atoms with Gasteiger partial charge < -0.3 is 10.1 Å². The Labute approximate surface area is 150 Å². The molecule has 0 radical (unpaired) electrons. The largest absolute Gasteiger partial charge is 0.481 e. The van der Waals surface area contributed by atoms with E-state index in [0.29, 0.717) is 29.8 Å². The SMILES string of the molecule is CC(Oc1cccc(Cl)c1)C(=O)NCCn1nc(C2CC2)ccc1=O. The van der Waals surface area contributed by atoms with Crippen molar-refractivity contribution in [2.75, 3.05) is 6.54 Å². The number of amides is 1. The number of aromatic nitrogens is 2. The zero-order valence-electron chi connectivity index (χ0n) is 13.9. The molecule has 0 bridgehead atoms. The summed E-state index contributed by atoms with van der Waals surface area (Å²) in [5, 5.41) is 7.67. The Morgan fingerprint density at radius 2 is 2.20 bits per heavy atom. The molecule has 1 heterocycles. The minimum absolute atomic E-state index is 0.165. The molecule has 1 unspecified atom stereocenters. The van der Waals surface area contributed by atoms with Crippen LogP contribution >= 0.6 is 11.6 Å². The molecule has 1 aliphatic carbocycles. The second kappa shape index (κ2) is 7.70. The summed E-state index contributed by atoms with van der Waals surface area (Å²) in [6, 6.07) is 10.2. The van der Waals surface area contributed by atoms with E-state index in [4.69, 9.17) is 16.3 Å². The molecule has 1 atom stereocenters. The zero-order chi connectivity index (χ0) is 17.8. The molecule has 132 valence electrons. The molecule has 1 aliphatic rings. The molecule has 1 fully saturated rings. The normalized spacial score (nSPS) is 14.8. The molecule has 7 heteroatoms. The van der Waals surface area contributed by atoms with E-state index in [1.54, 1.807) is 37.3 Å². The predicted octanol–water partition coefficient (Wildman–Crippen LogP) is 2.36. The lowest BCUT2D eigenvalue weighted by atomic mass is 10.3. The van der Waals surface area contributed by atoms with Crippen LogP contribution in [0.3, 0.4) is 0 Å². The van der Waals surface area contributed by atoms with E-state index in [1.165, 1.54) is 10.7 Å². The Morgan fingerprint density at radius 1 is 1.40 bits per heavy atom. The number of nitrogens with zero attached hydrogens (tertiary/aromatic N) is 2. The molecule has 0 saturated heterocycles. The van der Waals surface area contributed by atoms with Gasteiger partial charge in [-0.1, -0.05) is 17.7 Å². The Balaban J connectivity index is 1.50. The summed E-state index contributed by atoms with van der Waals surface area (Å²) in [6.45, 7) is 2.30. The first-order chi connectivity index (χ1) is 12.0. The summed E-state index contributed by atoms with van der Waals surface area (Å²) in [6.07, 6.45) is 1.58. The van der Waals surface area contributed by atoms with E-state index < -0.39 is 6.10 Å². The highest BCUT2D eigenvalue weighted by atomic mass is 35.5. The molecule has 1 aromatic heterocycles. The average molecular weight is 362 g/mol. The van der Waals surface area contributed by atoms with Gasteiger partial charge in [-0.05, 0) is 44.0 Å². The van der Waals surface area contributed by atoms with E-state index in [0.717, 1.165) is 18.5 Å². The van der Waals surface area contributed by atoms with E-state index in [1.807, 2.05) is 0 Å². The molecule has 25 heavy (non-hydrogen) atoms. The maximum absolute atomic E-state index is 12.1. The number of hydrogen-bond donors (Lipinski definition) is 1. The highest BCUT2D eigenvalue weighted by Gasteiger charge is 2.25. The molecule has 1 N–H and O–H groups in total. The fourth-order valence-electron chi connectivity index (χ4n) is 2.45. The lowest BCUT2D eigenvalue weighted by Gasteiger charge is -2.15. The van der Waals surface area contributed by atoms with Crippen LogP contribution in [0.25, 0.3) is 0 Å². The van der Waals surface area contributed by atoms with Crippen LogP contribution in [0.1, 0.15) is 31.4 Å². The Hall–Kier alpha value is -2.34. The third-order valence-electron chi connectivity index (χ3n) is 3.98. The van der Waals surface area contributed by atoms with Crippen molar-refractivity contribution in [2.45, 2.75) is 38.3 Å². The van der Waals surface area contributed by atoms with Gasteiger partial charge in [-0.2, -0.15) is 5.10 Å². The van der Waals surface area contributed by atoms with Gasteiger partial charge in [0, 0.05) is 23.6 Å². The number of carbonyl (C=O) groups excluding carboxylic acids is 1. The molecule has 1 saturated carbocycles. The predicted molar refractivity (Wildman–Crippen MR) is 95.0 cm³/mol. The van der Waals surface area contributed by atoms with Crippen molar-refractivity contribution in [3.8, 4) is 5.75 Å². The third-order valence-corrected chi connectivity index (χ3v) is 4.22. The van der Waals surface area contributed by atoms with Crippen molar-refractivity contribution in [1.82, 2.24) is 15.1 Å². The molecule has 6 nitrogen and oxygen atoms in total. The molecule has 1 aromatic carbocycles. The number of nitrogens with one attached hydrogen (secondary N) is 1. The van der Waals surface area contributed by atoms with E-state index >= 15 is 0 Å². The first-order valence-electron chi connectivity index (χ1n) is 8.31. The van der Waals surface area contributed by atoms with E-state index in [9.17, 15) is 9.59 Å². The lowest BCUT2D eigenvalue weighted by Crippen LogP contribution is -2.39. The number of benzene rings is 1. The third kappa shape index (κ3) is 4.82. The van der Waals surface area contributed by atoms with Crippen molar-refractivity contribution in [3.05, 3.63) is 57.5 Å². The Bertz CT molecular complexity index is 817. The van der Waals surface area contributed by atoms with Crippen LogP contribution in [0.5, 0.6) is 5.75 Å². The Kier molecular flexibility index (Phi) is 5.38. The van der Waals surface area contributed by atoms with Crippen molar-refractivity contribution in [2.24, 2.45) is 0 Å². The van der Waals surface area contributed by atoms with Gasteiger partial charge in [0.2, 0.25) is 0 Å². The molecule has 2 aromatic rings. The van der Waals surface area contributed by atoms with Crippen LogP contribution in [0, 0.1) is 0 Å². The van der Waals surface area contributed by atoms with Crippen LogP contribution in [0.4, 0.5) is 0 Å². The minimum atomic E-state index is -0.666. The fraction of sp³-hybridized carbons (Fsp3) is 0.389. The standard InChI is InChI=1S/C18H20ClN3O3/c1-12(25-15-4-2-3-14(19)11-15)18(24)20-9-10-22-17(23)8-7-16(21-22)13-5-6-13/h2-4,7-8,11-13H,5-6,9-10H2,1H3,(H,20,24). The summed E-state index contributed by atoms with van der Waals surface area (Å²) in [5.74, 6) is 0.754. The lowest BCUT2D eigenvalue weighted by molar-refractivity contribution is -0.127. The average Bonchev–Trinajstić information content (AvgIpc) is 3.41. The molecule has 0 spiro atoms. The second-order valence-corrected chi connectivity index (χ2v) is 6.54. The van der Waals surface area contributed by atoms with Crippen LogP contribution in [0.2, 0.25) is 5.02 Å². The van der Waals surface area contributed by atoms with Crippen LogP contribution in [-0.4, -0.2) is 28.3 Å². The summed E-state index contributed by atoms with van der Waals surface area (Å²) < 4.78 is 6.96. The second-order valence-electron chi connectivity index (χ2n) is 6.10. The molecular weight excluding hydrogens is 342 g/mol. The van der Waals surface area contributed by atoms with Crippen molar-refractivity contribution >= 4 is 17.5 Å². The van der Waals surface area contributed by atoms with Crippen LogP contribution < -0.4 is 15.6 Å². The van der Waals surface area contributed by atoms with Crippen molar-refractivity contribution in [3.63, 3.8) is 0 Å². The maximum Gasteiger partial charge on any atom is 0.266 e. The number of ether oxygens (including phenoxy) is 1. The monoisotopic (exact) mass is 361 g/mol. The molecule has 0 aliphatic heterocycles. The quantitative estimate of drug-likeness (QED) is 0.821. The number of hydrogen-bond acceptors (Lipinski definition) is 4. The van der Waals surface area contributed by atoms with Crippen molar-refractivity contribution in [1.29, 1.82) is 0 Å². The van der Waals surface area contributed by atoms with Gasteiger partial charge in [-0.25, -0.2) is 4.68 Å². The van der Waals surface area contributed by atoms with Gasteiger partial charge in [0.05, 0.1) is 12.2 Å². The van der Waals surface area contributed by atoms with Crippen molar-refractivity contribution < 1.29 is 9.53 Å². The van der Waals surface area contributed by atoms with Gasteiger partial charge >= 0.3 is 0 Å². The highest BCUT2D eigenvalue weighted by Crippen LogP contribution is 2.38.